The summed E-state index contributed by atoms with van der Waals surface area (Å²) >= 11 is 3.40. The van der Waals surface area contributed by atoms with Gasteiger partial charge in [-0.05, 0) is 40.9 Å². The second kappa shape index (κ2) is 4.80. The van der Waals surface area contributed by atoms with Crippen LogP contribution in [0.2, 0.25) is 0 Å². The van der Waals surface area contributed by atoms with Crippen molar-refractivity contribution in [2.45, 2.75) is 24.7 Å². The van der Waals surface area contributed by atoms with Gasteiger partial charge in [-0.3, -0.25) is 4.79 Å². The van der Waals surface area contributed by atoms with Crippen molar-refractivity contribution in [2.24, 2.45) is 0 Å². The maximum absolute atomic E-state index is 11.0. The molecule has 1 aromatic rings. The molecule has 1 saturated carbocycles. The Kier molecular flexibility index (Phi) is 3.52. The Morgan fingerprint density at radius 2 is 1.94 bits per heavy atom. The molecule has 0 spiro atoms. The normalized spacial score (nSPS) is 16.2. The standard InChI is InChI=1S/C13H15BrO4/c1-17-10-6-9(14)11(18-2)5-8(10)13(3-4-13)7-12(15)16/h5-6H,3-4,7H2,1-2H3,(H,15,16). The highest BCUT2D eigenvalue weighted by Gasteiger charge is 2.48. The average Bonchev–Trinajstić information content (AvgIpc) is 3.08. The first-order valence-electron chi connectivity index (χ1n) is 5.66. The number of ether oxygens (including phenoxy) is 2. The maximum Gasteiger partial charge on any atom is 0.304 e. The second-order valence-electron chi connectivity index (χ2n) is 4.54. The van der Waals surface area contributed by atoms with Gasteiger partial charge >= 0.3 is 5.97 Å². The summed E-state index contributed by atoms with van der Waals surface area (Å²) in [7, 11) is 3.18. The lowest BCUT2D eigenvalue weighted by Gasteiger charge is -2.19. The third-order valence-electron chi connectivity index (χ3n) is 3.39. The molecule has 0 aromatic heterocycles. The molecule has 98 valence electrons. The minimum atomic E-state index is -0.781. The topological polar surface area (TPSA) is 55.8 Å². The molecule has 0 bridgehead atoms. The number of carboxylic acids is 1. The fourth-order valence-electron chi connectivity index (χ4n) is 2.26. The first-order valence-corrected chi connectivity index (χ1v) is 6.45. The van der Waals surface area contributed by atoms with E-state index in [-0.39, 0.29) is 11.8 Å². The molecule has 0 amide bonds. The molecule has 0 unspecified atom stereocenters. The molecule has 0 saturated heterocycles. The van der Waals surface area contributed by atoms with Crippen LogP contribution < -0.4 is 9.47 Å². The summed E-state index contributed by atoms with van der Waals surface area (Å²) in [5, 5.41) is 9.01. The Morgan fingerprint density at radius 3 is 2.39 bits per heavy atom. The van der Waals surface area contributed by atoms with Crippen molar-refractivity contribution in [1.29, 1.82) is 0 Å². The Labute approximate surface area is 114 Å². The van der Waals surface area contributed by atoms with E-state index in [2.05, 4.69) is 15.9 Å². The molecular weight excluding hydrogens is 300 g/mol. The largest absolute Gasteiger partial charge is 0.496 e. The van der Waals surface area contributed by atoms with Crippen molar-refractivity contribution in [3.63, 3.8) is 0 Å². The summed E-state index contributed by atoms with van der Waals surface area (Å²) in [5.74, 6) is 0.625. The van der Waals surface area contributed by atoms with E-state index in [4.69, 9.17) is 14.6 Å². The Bertz CT molecular complexity index is 480. The van der Waals surface area contributed by atoms with Crippen molar-refractivity contribution in [3.8, 4) is 11.5 Å². The van der Waals surface area contributed by atoms with Crippen molar-refractivity contribution < 1.29 is 19.4 Å². The van der Waals surface area contributed by atoms with Crippen molar-refractivity contribution >= 4 is 21.9 Å². The van der Waals surface area contributed by atoms with Crippen LogP contribution in [0.4, 0.5) is 0 Å². The number of benzene rings is 1. The quantitative estimate of drug-likeness (QED) is 0.907. The summed E-state index contributed by atoms with van der Waals surface area (Å²) in [6.45, 7) is 0. The van der Waals surface area contributed by atoms with E-state index in [1.54, 1.807) is 14.2 Å². The van der Waals surface area contributed by atoms with Gasteiger partial charge in [0.05, 0.1) is 25.1 Å². The summed E-state index contributed by atoms with van der Waals surface area (Å²) in [4.78, 5) is 11.0. The van der Waals surface area contributed by atoms with Crippen molar-refractivity contribution in [1.82, 2.24) is 0 Å². The number of halogens is 1. The summed E-state index contributed by atoms with van der Waals surface area (Å²) in [6, 6.07) is 3.70. The maximum atomic E-state index is 11.0. The molecule has 1 aliphatic carbocycles. The molecule has 0 atom stereocenters. The Hall–Kier alpha value is -1.23. The zero-order chi connectivity index (χ0) is 13.3. The van der Waals surface area contributed by atoms with E-state index < -0.39 is 5.97 Å². The lowest BCUT2D eigenvalue weighted by atomic mass is 9.91. The molecule has 5 heteroatoms. The summed E-state index contributed by atoms with van der Waals surface area (Å²) in [6.07, 6.45) is 1.88. The minimum absolute atomic E-state index is 0.133. The van der Waals surface area contributed by atoms with Crippen LogP contribution in [0, 0.1) is 0 Å². The van der Waals surface area contributed by atoms with Crippen LogP contribution in [0.5, 0.6) is 11.5 Å². The van der Waals surface area contributed by atoms with Gasteiger partial charge in [0.15, 0.2) is 0 Å². The van der Waals surface area contributed by atoms with E-state index in [1.807, 2.05) is 12.1 Å². The van der Waals surface area contributed by atoms with Crippen molar-refractivity contribution in [3.05, 3.63) is 22.2 Å². The zero-order valence-corrected chi connectivity index (χ0v) is 11.9. The smallest absolute Gasteiger partial charge is 0.304 e. The number of rotatable bonds is 5. The highest BCUT2D eigenvalue weighted by molar-refractivity contribution is 9.10. The monoisotopic (exact) mass is 314 g/mol. The number of aliphatic carboxylic acids is 1. The molecular formula is C13H15BrO4. The molecule has 1 aliphatic rings. The predicted octanol–water partition coefficient (Wildman–Crippen LogP) is 2.97. The third kappa shape index (κ3) is 2.32. The minimum Gasteiger partial charge on any atom is -0.496 e. The van der Waals surface area contributed by atoms with E-state index in [0.717, 1.165) is 22.9 Å². The summed E-state index contributed by atoms with van der Waals surface area (Å²) in [5.41, 5.74) is 0.637. The number of hydrogen-bond donors (Lipinski definition) is 1. The van der Waals surface area contributed by atoms with Crippen LogP contribution in [0.15, 0.2) is 16.6 Å². The van der Waals surface area contributed by atoms with Crippen LogP contribution in [0.1, 0.15) is 24.8 Å². The van der Waals surface area contributed by atoms with E-state index in [1.165, 1.54) is 0 Å². The van der Waals surface area contributed by atoms with Crippen LogP contribution in [-0.4, -0.2) is 25.3 Å². The van der Waals surface area contributed by atoms with Gasteiger partial charge < -0.3 is 14.6 Å². The van der Waals surface area contributed by atoms with Gasteiger partial charge in [-0.1, -0.05) is 0 Å². The molecule has 0 radical (unpaired) electrons. The average molecular weight is 315 g/mol. The van der Waals surface area contributed by atoms with Gasteiger partial charge in [0.2, 0.25) is 0 Å². The summed E-state index contributed by atoms with van der Waals surface area (Å²) < 4.78 is 11.4. The lowest BCUT2D eigenvalue weighted by Crippen LogP contribution is -2.14. The molecule has 4 nitrogen and oxygen atoms in total. The van der Waals surface area contributed by atoms with Gasteiger partial charge in [0.1, 0.15) is 11.5 Å². The van der Waals surface area contributed by atoms with E-state index in [9.17, 15) is 4.79 Å². The van der Waals surface area contributed by atoms with Crippen LogP contribution in [0.25, 0.3) is 0 Å². The van der Waals surface area contributed by atoms with Gasteiger partial charge in [-0.2, -0.15) is 0 Å². The number of carbonyl (C=O) groups is 1. The molecule has 0 heterocycles. The number of hydrogen-bond acceptors (Lipinski definition) is 3. The highest BCUT2D eigenvalue weighted by Crippen LogP contribution is 2.55. The van der Waals surface area contributed by atoms with Crippen LogP contribution in [0.3, 0.4) is 0 Å². The molecule has 1 N–H and O–H groups in total. The van der Waals surface area contributed by atoms with Gasteiger partial charge in [0.25, 0.3) is 0 Å². The van der Waals surface area contributed by atoms with Crippen LogP contribution in [-0.2, 0) is 10.2 Å². The number of carboxylic acid groups (broad SMARTS) is 1. The molecule has 1 fully saturated rings. The fraction of sp³-hybridized carbons (Fsp3) is 0.462. The van der Waals surface area contributed by atoms with Gasteiger partial charge in [-0.25, -0.2) is 0 Å². The fourth-order valence-corrected chi connectivity index (χ4v) is 2.74. The molecule has 18 heavy (non-hydrogen) atoms. The Balaban J connectivity index is 2.46. The van der Waals surface area contributed by atoms with Gasteiger partial charge in [0, 0.05) is 11.0 Å². The van der Waals surface area contributed by atoms with Gasteiger partial charge in [-0.15, -0.1) is 0 Å². The first kappa shape index (κ1) is 13.2. The zero-order valence-electron chi connectivity index (χ0n) is 10.3. The molecule has 2 rings (SSSR count). The number of methoxy groups -OCH3 is 2. The molecule has 1 aromatic carbocycles. The molecule has 0 aliphatic heterocycles. The Morgan fingerprint density at radius 1 is 1.33 bits per heavy atom. The predicted molar refractivity (Wildman–Crippen MR) is 70.4 cm³/mol. The second-order valence-corrected chi connectivity index (χ2v) is 5.39. The SMILES string of the molecule is COc1cc(C2(CC(=O)O)CC2)c(OC)cc1Br. The highest BCUT2D eigenvalue weighted by atomic mass is 79.9. The lowest BCUT2D eigenvalue weighted by molar-refractivity contribution is -0.137. The third-order valence-corrected chi connectivity index (χ3v) is 4.01. The van der Waals surface area contributed by atoms with E-state index in [0.29, 0.717) is 11.5 Å². The first-order chi connectivity index (χ1) is 8.52. The van der Waals surface area contributed by atoms with E-state index >= 15 is 0 Å². The van der Waals surface area contributed by atoms with Crippen LogP contribution >= 0.6 is 15.9 Å². The van der Waals surface area contributed by atoms with Crippen molar-refractivity contribution in [2.75, 3.05) is 14.2 Å².